The van der Waals surface area contributed by atoms with Gasteiger partial charge in [0.15, 0.2) is 9.84 Å². The number of rotatable bonds is 6. The van der Waals surface area contributed by atoms with Crippen LogP contribution in [0, 0.1) is 5.92 Å². The first-order valence-corrected chi connectivity index (χ1v) is 8.84. The molecule has 0 saturated carbocycles. The van der Waals surface area contributed by atoms with Gasteiger partial charge in [0.1, 0.15) is 0 Å². The fraction of sp³-hybridized carbons (Fsp3) is 0.818. The van der Waals surface area contributed by atoms with Crippen molar-refractivity contribution >= 4 is 21.8 Å². The minimum atomic E-state index is -2.92. The summed E-state index contributed by atoms with van der Waals surface area (Å²) in [5.74, 6) is 0.620. The molecule has 2 heterocycles. The van der Waals surface area contributed by atoms with Gasteiger partial charge in [-0.05, 0) is 29.2 Å². The van der Waals surface area contributed by atoms with Crippen LogP contribution in [0.15, 0.2) is 0 Å². The van der Waals surface area contributed by atoms with Gasteiger partial charge in [0.2, 0.25) is 0 Å². The van der Waals surface area contributed by atoms with E-state index in [9.17, 15) is 13.2 Å². The molecule has 1 fully saturated rings. The highest BCUT2D eigenvalue weighted by atomic mass is 32.2. The molecule has 1 saturated heterocycles. The molecule has 1 aliphatic heterocycles. The lowest BCUT2D eigenvalue weighted by Crippen LogP contribution is -2.34. The van der Waals surface area contributed by atoms with Crippen molar-refractivity contribution in [3.8, 4) is 0 Å². The number of urea groups is 1. The van der Waals surface area contributed by atoms with Gasteiger partial charge < -0.3 is 5.32 Å². The molecule has 1 aromatic rings. The van der Waals surface area contributed by atoms with Crippen molar-refractivity contribution < 1.29 is 13.2 Å². The Bertz CT molecular complexity index is 585. The maximum atomic E-state index is 11.8. The van der Waals surface area contributed by atoms with Crippen LogP contribution in [0.2, 0.25) is 0 Å². The highest BCUT2D eigenvalue weighted by Crippen LogP contribution is 2.17. The molecule has 0 aromatic carbocycles. The van der Waals surface area contributed by atoms with Gasteiger partial charge in [0.25, 0.3) is 5.95 Å². The highest BCUT2D eigenvalue weighted by Gasteiger charge is 2.28. The van der Waals surface area contributed by atoms with E-state index in [1.807, 2.05) is 0 Å². The first kappa shape index (κ1) is 15.7. The van der Waals surface area contributed by atoms with Crippen molar-refractivity contribution in [1.82, 2.24) is 25.5 Å². The van der Waals surface area contributed by atoms with Crippen LogP contribution in [-0.4, -0.2) is 52.7 Å². The summed E-state index contributed by atoms with van der Waals surface area (Å²) in [5, 5.41) is 16.3. The normalized spacial score (nSPS) is 20.3. The summed E-state index contributed by atoms with van der Waals surface area (Å²) in [7, 11) is -2.92. The number of hydrogen-bond donors (Lipinski definition) is 2. The molecule has 0 spiro atoms. The summed E-state index contributed by atoms with van der Waals surface area (Å²) in [4.78, 5) is 11.8. The number of amides is 2. The zero-order valence-corrected chi connectivity index (χ0v) is 12.8. The topological polar surface area (TPSA) is 119 Å². The van der Waals surface area contributed by atoms with Gasteiger partial charge in [0.05, 0.1) is 11.5 Å². The second-order valence-electron chi connectivity index (χ2n) is 5.18. The molecule has 118 valence electrons. The molecule has 2 amide bonds. The Morgan fingerprint density at radius 1 is 1.48 bits per heavy atom. The van der Waals surface area contributed by atoms with Crippen LogP contribution in [0.25, 0.3) is 0 Å². The molecule has 0 aliphatic carbocycles. The van der Waals surface area contributed by atoms with Crippen LogP contribution in [0.5, 0.6) is 0 Å². The third-order valence-corrected chi connectivity index (χ3v) is 5.20. The molecule has 2 rings (SSSR count). The van der Waals surface area contributed by atoms with E-state index in [4.69, 9.17) is 0 Å². The van der Waals surface area contributed by atoms with Crippen LogP contribution < -0.4 is 10.6 Å². The summed E-state index contributed by atoms with van der Waals surface area (Å²) >= 11 is 0. The van der Waals surface area contributed by atoms with Gasteiger partial charge in [-0.3, -0.25) is 5.32 Å². The standard InChI is InChI=1S/C11H20N6O3S/c1-2-3-5-17-10(14-15-16-17)13-11(18)12-7-9-4-6-21(19,20)8-9/h9H,2-8H2,1H3,(H2,12,13,14,16,18). The largest absolute Gasteiger partial charge is 0.337 e. The molecule has 1 aliphatic rings. The van der Waals surface area contributed by atoms with E-state index in [0.29, 0.717) is 25.5 Å². The summed E-state index contributed by atoms with van der Waals surface area (Å²) in [6, 6.07) is -0.424. The second kappa shape index (κ2) is 6.83. The van der Waals surface area contributed by atoms with Gasteiger partial charge in [-0.1, -0.05) is 18.4 Å². The number of carbonyl (C=O) groups excluding carboxylic acids is 1. The van der Waals surface area contributed by atoms with Gasteiger partial charge in [-0.25, -0.2) is 17.9 Å². The Kier molecular flexibility index (Phi) is 5.10. The van der Waals surface area contributed by atoms with Crippen LogP contribution in [0.3, 0.4) is 0 Å². The zero-order valence-electron chi connectivity index (χ0n) is 11.9. The van der Waals surface area contributed by atoms with Gasteiger partial charge >= 0.3 is 6.03 Å². The molecule has 21 heavy (non-hydrogen) atoms. The number of unbranched alkanes of at least 4 members (excludes halogenated alkanes) is 1. The van der Waals surface area contributed by atoms with E-state index in [0.717, 1.165) is 12.8 Å². The maximum absolute atomic E-state index is 11.8. The van der Waals surface area contributed by atoms with Gasteiger partial charge in [0, 0.05) is 13.1 Å². The number of nitrogens with zero attached hydrogens (tertiary/aromatic N) is 4. The van der Waals surface area contributed by atoms with Crippen LogP contribution >= 0.6 is 0 Å². The summed E-state index contributed by atoms with van der Waals surface area (Å²) in [6.07, 6.45) is 2.51. The molecule has 1 aromatic heterocycles. The predicted octanol–water partition coefficient (Wildman–Crippen LogP) is 0.0294. The zero-order chi connectivity index (χ0) is 15.3. The fourth-order valence-electron chi connectivity index (χ4n) is 2.17. The lowest BCUT2D eigenvalue weighted by Gasteiger charge is -2.10. The molecule has 9 nitrogen and oxygen atoms in total. The monoisotopic (exact) mass is 316 g/mol. The number of carbonyl (C=O) groups is 1. The van der Waals surface area contributed by atoms with E-state index < -0.39 is 15.9 Å². The van der Waals surface area contributed by atoms with Crippen molar-refractivity contribution in [2.45, 2.75) is 32.7 Å². The van der Waals surface area contributed by atoms with E-state index in [-0.39, 0.29) is 17.4 Å². The lowest BCUT2D eigenvalue weighted by atomic mass is 10.1. The molecule has 1 atom stereocenters. The minimum absolute atomic E-state index is 0.0168. The summed E-state index contributed by atoms with van der Waals surface area (Å²) in [5.41, 5.74) is 0. The first-order chi connectivity index (χ1) is 10.00. The molecule has 1 unspecified atom stereocenters. The Morgan fingerprint density at radius 2 is 2.29 bits per heavy atom. The van der Waals surface area contributed by atoms with Crippen LogP contribution in [0.1, 0.15) is 26.2 Å². The predicted molar refractivity (Wildman–Crippen MR) is 76.5 cm³/mol. The van der Waals surface area contributed by atoms with Crippen molar-refractivity contribution in [2.75, 3.05) is 23.4 Å². The quantitative estimate of drug-likeness (QED) is 0.764. The average Bonchev–Trinajstić information content (AvgIpc) is 3.00. The lowest BCUT2D eigenvalue weighted by molar-refractivity contribution is 0.250. The van der Waals surface area contributed by atoms with Crippen LogP contribution in [-0.2, 0) is 16.4 Å². The van der Waals surface area contributed by atoms with Crippen LogP contribution in [0.4, 0.5) is 10.7 Å². The third-order valence-electron chi connectivity index (χ3n) is 3.36. The smallest absolute Gasteiger partial charge is 0.321 e. The molecule has 0 radical (unpaired) electrons. The number of tetrazole rings is 1. The maximum Gasteiger partial charge on any atom is 0.321 e. The third kappa shape index (κ3) is 4.66. The Hall–Kier alpha value is -1.71. The number of aryl methyl sites for hydroxylation is 1. The summed E-state index contributed by atoms with van der Waals surface area (Å²) in [6.45, 7) is 3.03. The van der Waals surface area contributed by atoms with E-state index in [1.54, 1.807) is 0 Å². The summed E-state index contributed by atoms with van der Waals surface area (Å²) < 4.78 is 24.2. The van der Waals surface area contributed by atoms with Crippen molar-refractivity contribution in [2.24, 2.45) is 5.92 Å². The molecule has 0 bridgehead atoms. The number of anilines is 1. The Morgan fingerprint density at radius 3 is 2.95 bits per heavy atom. The minimum Gasteiger partial charge on any atom is -0.337 e. The van der Waals surface area contributed by atoms with Gasteiger partial charge in [-0.2, -0.15) is 0 Å². The number of hydrogen-bond acceptors (Lipinski definition) is 6. The number of sulfone groups is 1. The van der Waals surface area contributed by atoms with E-state index in [2.05, 4.69) is 33.1 Å². The first-order valence-electron chi connectivity index (χ1n) is 7.01. The second-order valence-corrected chi connectivity index (χ2v) is 7.41. The van der Waals surface area contributed by atoms with Crippen molar-refractivity contribution in [3.63, 3.8) is 0 Å². The fourth-order valence-corrected chi connectivity index (χ4v) is 4.03. The van der Waals surface area contributed by atoms with E-state index >= 15 is 0 Å². The molecular formula is C11H20N6O3S. The van der Waals surface area contributed by atoms with Crippen molar-refractivity contribution in [1.29, 1.82) is 0 Å². The SMILES string of the molecule is CCCCn1nnnc1NC(=O)NCC1CCS(=O)(=O)C1. The Labute approximate surface area is 123 Å². The van der Waals surface area contributed by atoms with E-state index in [1.165, 1.54) is 4.68 Å². The Balaban J connectivity index is 1.78. The van der Waals surface area contributed by atoms with Crippen molar-refractivity contribution in [3.05, 3.63) is 0 Å². The van der Waals surface area contributed by atoms with Gasteiger partial charge in [-0.15, -0.1) is 0 Å². The molecule has 10 heteroatoms. The molecular weight excluding hydrogens is 296 g/mol. The average molecular weight is 316 g/mol. The number of aromatic nitrogens is 4. The highest BCUT2D eigenvalue weighted by molar-refractivity contribution is 7.91. The molecule has 2 N–H and O–H groups in total. The number of nitrogens with one attached hydrogen (secondary N) is 2.